The molecule has 3 rings (SSSR count). The molecule has 0 amide bonds. The fraction of sp³-hybridized carbons (Fsp3) is 0.647. The van der Waals surface area contributed by atoms with Crippen molar-refractivity contribution in [2.75, 3.05) is 26.2 Å². The Bertz CT molecular complexity index is 406. The number of rotatable bonds is 3. The summed E-state index contributed by atoms with van der Waals surface area (Å²) < 4.78 is 0. The van der Waals surface area contributed by atoms with Gasteiger partial charge < -0.3 is 10.2 Å². The summed E-state index contributed by atoms with van der Waals surface area (Å²) in [6.07, 6.45) is 8.09. The van der Waals surface area contributed by atoms with Gasteiger partial charge in [-0.3, -0.25) is 0 Å². The standard InChI is InChI=1S/C17H26N2/c1-2-4-12-19(11-3-1)13-9-16-7-5-6-15-8-10-18-14-17(15)16/h5-7,18H,1-4,8-14H2. The molecular formula is C17H26N2. The lowest BCUT2D eigenvalue weighted by atomic mass is 9.94. The predicted octanol–water partition coefficient (Wildman–Crippen LogP) is 2.75. The van der Waals surface area contributed by atoms with E-state index in [1.807, 2.05) is 0 Å². The number of benzene rings is 1. The highest BCUT2D eigenvalue weighted by molar-refractivity contribution is 5.37. The van der Waals surface area contributed by atoms with Crippen LogP contribution in [0, 0.1) is 0 Å². The van der Waals surface area contributed by atoms with E-state index in [1.165, 1.54) is 58.2 Å². The summed E-state index contributed by atoms with van der Waals surface area (Å²) in [5.41, 5.74) is 4.74. The van der Waals surface area contributed by atoms with Crippen LogP contribution >= 0.6 is 0 Å². The van der Waals surface area contributed by atoms with Crippen LogP contribution in [-0.4, -0.2) is 31.1 Å². The van der Waals surface area contributed by atoms with Gasteiger partial charge in [0.2, 0.25) is 0 Å². The SMILES string of the molecule is c1cc2c(c(CCN3CCCCCC3)c1)CNCC2. The molecule has 0 aromatic heterocycles. The zero-order valence-electron chi connectivity index (χ0n) is 12.0. The van der Waals surface area contributed by atoms with Crippen molar-refractivity contribution in [2.24, 2.45) is 0 Å². The molecule has 1 N–H and O–H groups in total. The van der Waals surface area contributed by atoms with Crippen LogP contribution in [0.3, 0.4) is 0 Å². The molecule has 1 aromatic carbocycles. The molecule has 2 nitrogen and oxygen atoms in total. The number of hydrogen-bond acceptors (Lipinski definition) is 2. The number of nitrogens with one attached hydrogen (secondary N) is 1. The van der Waals surface area contributed by atoms with Gasteiger partial charge in [-0.2, -0.15) is 0 Å². The van der Waals surface area contributed by atoms with Gasteiger partial charge in [0.15, 0.2) is 0 Å². The molecular weight excluding hydrogens is 232 g/mol. The minimum absolute atomic E-state index is 1.07. The van der Waals surface area contributed by atoms with Crippen molar-refractivity contribution in [1.29, 1.82) is 0 Å². The first-order valence-corrected chi connectivity index (χ1v) is 7.96. The fourth-order valence-corrected chi connectivity index (χ4v) is 3.46. The molecule has 1 aromatic rings. The lowest BCUT2D eigenvalue weighted by Crippen LogP contribution is -2.29. The van der Waals surface area contributed by atoms with E-state index >= 15 is 0 Å². The average Bonchev–Trinajstić information content (AvgIpc) is 2.74. The molecule has 0 saturated carbocycles. The van der Waals surface area contributed by atoms with E-state index in [2.05, 4.69) is 28.4 Å². The molecule has 0 aliphatic carbocycles. The van der Waals surface area contributed by atoms with Crippen LogP contribution in [0.4, 0.5) is 0 Å². The van der Waals surface area contributed by atoms with Crippen molar-refractivity contribution in [3.63, 3.8) is 0 Å². The molecule has 0 spiro atoms. The molecule has 104 valence electrons. The first kappa shape index (κ1) is 13.1. The Morgan fingerprint density at radius 2 is 1.89 bits per heavy atom. The van der Waals surface area contributed by atoms with Gasteiger partial charge in [0, 0.05) is 13.1 Å². The summed E-state index contributed by atoms with van der Waals surface area (Å²) in [6.45, 7) is 6.09. The Labute approximate surface area is 117 Å². The Kier molecular flexibility index (Phi) is 4.52. The van der Waals surface area contributed by atoms with Gasteiger partial charge >= 0.3 is 0 Å². The van der Waals surface area contributed by atoms with Gasteiger partial charge in [0.1, 0.15) is 0 Å². The molecule has 19 heavy (non-hydrogen) atoms. The molecule has 0 radical (unpaired) electrons. The van der Waals surface area contributed by atoms with Crippen molar-refractivity contribution in [1.82, 2.24) is 10.2 Å². The van der Waals surface area contributed by atoms with Crippen molar-refractivity contribution >= 4 is 0 Å². The van der Waals surface area contributed by atoms with Crippen molar-refractivity contribution in [3.8, 4) is 0 Å². The average molecular weight is 258 g/mol. The summed E-state index contributed by atoms with van der Waals surface area (Å²) in [7, 11) is 0. The number of likely N-dealkylation sites (tertiary alicyclic amines) is 1. The first-order chi connectivity index (χ1) is 9.43. The molecule has 2 heteroatoms. The zero-order valence-corrected chi connectivity index (χ0v) is 12.0. The maximum absolute atomic E-state index is 3.52. The Hall–Kier alpha value is -0.860. The van der Waals surface area contributed by atoms with Crippen molar-refractivity contribution < 1.29 is 0 Å². The van der Waals surface area contributed by atoms with E-state index in [0.29, 0.717) is 0 Å². The first-order valence-electron chi connectivity index (χ1n) is 7.96. The molecule has 1 saturated heterocycles. The van der Waals surface area contributed by atoms with Crippen LogP contribution in [0.5, 0.6) is 0 Å². The van der Waals surface area contributed by atoms with E-state index in [1.54, 1.807) is 16.7 Å². The predicted molar refractivity (Wildman–Crippen MR) is 80.5 cm³/mol. The van der Waals surface area contributed by atoms with Crippen LogP contribution in [0.25, 0.3) is 0 Å². The molecule has 0 bridgehead atoms. The molecule has 0 unspecified atom stereocenters. The minimum atomic E-state index is 1.07. The lowest BCUT2D eigenvalue weighted by Gasteiger charge is -2.23. The maximum atomic E-state index is 3.52. The van der Waals surface area contributed by atoms with Gasteiger partial charge in [-0.25, -0.2) is 0 Å². The second kappa shape index (κ2) is 6.53. The van der Waals surface area contributed by atoms with E-state index in [0.717, 1.165) is 13.1 Å². The second-order valence-corrected chi connectivity index (χ2v) is 5.99. The summed E-state index contributed by atoms with van der Waals surface area (Å²) in [5.74, 6) is 0. The lowest BCUT2D eigenvalue weighted by molar-refractivity contribution is 0.288. The summed E-state index contributed by atoms with van der Waals surface area (Å²) in [5, 5.41) is 3.52. The van der Waals surface area contributed by atoms with E-state index in [-0.39, 0.29) is 0 Å². The monoisotopic (exact) mass is 258 g/mol. The third kappa shape index (κ3) is 3.37. The van der Waals surface area contributed by atoms with Crippen LogP contribution in [0.1, 0.15) is 42.4 Å². The largest absolute Gasteiger partial charge is 0.312 e. The smallest absolute Gasteiger partial charge is 0.0211 e. The highest BCUT2D eigenvalue weighted by atomic mass is 15.1. The van der Waals surface area contributed by atoms with Crippen molar-refractivity contribution in [3.05, 3.63) is 34.9 Å². The minimum Gasteiger partial charge on any atom is -0.312 e. The number of fused-ring (bicyclic) bond motifs is 1. The van der Waals surface area contributed by atoms with Crippen molar-refractivity contribution in [2.45, 2.75) is 45.1 Å². The third-order valence-electron chi connectivity index (χ3n) is 4.64. The van der Waals surface area contributed by atoms with Gasteiger partial charge in [-0.05, 0) is 62.0 Å². The third-order valence-corrected chi connectivity index (χ3v) is 4.64. The number of hydrogen-bond donors (Lipinski definition) is 1. The normalized spacial score (nSPS) is 20.8. The Balaban J connectivity index is 1.63. The van der Waals surface area contributed by atoms with Gasteiger partial charge in [-0.15, -0.1) is 0 Å². The molecule has 1 fully saturated rings. The summed E-state index contributed by atoms with van der Waals surface area (Å²) in [6, 6.07) is 6.90. The van der Waals surface area contributed by atoms with Crippen LogP contribution < -0.4 is 5.32 Å². The van der Waals surface area contributed by atoms with Crippen LogP contribution in [0.2, 0.25) is 0 Å². The van der Waals surface area contributed by atoms with E-state index in [4.69, 9.17) is 0 Å². The van der Waals surface area contributed by atoms with Gasteiger partial charge in [-0.1, -0.05) is 31.0 Å². The van der Waals surface area contributed by atoms with E-state index < -0.39 is 0 Å². The fourth-order valence-electron chi connectivity index (χ4n) is 3.46. The Morgan fingerprint density at radius 1 is 1.05 bits per heavy atom. The van der Waals surface area contributed by atoms with Crippen LogP contribution in [-0.2, 0) is 19.4 Å². The van der Waals surface area contributed by atoms with E-state index in [9.17, 15) is 0 Å². The Morgan fingerprint density at radius 3 is 2.74 bits per heavy atom. The summed E-state index contributed by atoms with van der Waals surface area (Å²) in [4.78, 5) is 2.67. The molecule has 2 aliphatic rings. The highest BCUT2D eigenvalue weighted by Gasteiger charge is 2.14. The van der Waals surface area contributed by atoms with Gasteiger partial charge in [0.25, 0.3) is 0 Å². The number of nitrogens with zero attached hydrogens (tertiary/aromatic N) is 1. The second-order valence-electron chi connectivity index (χ2n) is 5.99. The van der Waals surface area contributed by atoms with Gasteiger partial charge in [0.05, 0.1) is 0 Å². The highest BCUT2D eigenvalue weighted by Crippen LogP contribution is 2.19. The maximum Gasteiger partial charge on any atom is 0.0211 e. The zero-order chi connectivity index (χ0) is 12.9. The summed E-state index contributed by atoms with van der Waals surface area (Å²) >= 11 is 0. The molecule has 0 atom stereocenters. The molecule has 2 aliphatic heterocycles. The topological polar surface area (TPSA) is 15.3 Å². The van der Waals surface area contributed by atoms with Crippen LogP contribution in [0.15, 0.2) is 18.2 Å². The molecule has 2 heterocycles. The quantitative estimate of drug-likeness (QED) is 0.897.